The van der Waals surface area contributed by atoms with Gasteiger partial charge in [-0.2, -0.15) is 0 Å². The Morgan fingerprint density at radius 2 is 1.85 bits per heavy atom. The number of hydrogen-bond donors (Lipinski definition) is 0. The number of halogens is 2. The van der Waals surface area contributed by atoms with E-state index < -0.39 is 23.5 Å². The zero-order valence-electron chi connectivity index (χ0n) is 10.9. The average Bonchev–Trinajstić information content (AvgIpc) is 2.34. The molecule has 0 radical (unpaired) electrons. The van der Waals surface area contributed by atoms with Gasteiger partial charge in [0.2, 0.25) is 0 Å². The van der Waals surface area contributed by atoms with E-state index in [0.29, 0.717) is 5.33 Å². The first-order chi connectivity index (χ1) is 9.32. The van der Waals surface area contributed by atoms with E-state index in [1.54, 1.807) is 6.07 Å². The topological polar surface area (TPSA) is 52.6 Å². The van der Waals surface area contributed by atoms with Crippen LogP contribution < -0.4 is 0 Å². The molecule has 0 saturated carbocycles. The van der Waals surface area contributed by atoms with E-state index in [9.17, 15) is 14.0 Å². The van der Waals surface area contributed by atoms with Crippen LogP contribution >= 0.6 is 15.9 Å². The summed E-state index contributed by atoms with van der Waals surface area (Å²) in [6, 6.07) is 4.50. The lowest BCUT2D eigenvalue weighted by molar-refractivity contribution is -0.222. The molecule has 1 saturated heterocycles. The molecular weight excluding hydrogens is 331 g/mol. The van der Waals surface area contributed by atoms with Crippen molar-refractivity contribution in [3.63, 3.8) is 0 Å². The lowest BCUT2D eigenvalue weighted by atomic mass is 10.1. The minimum absolute atomic E-state index is 0.123. The number of benzene rings is 1. The van der Waals surface area contributed by atoms with Crippen LogP contribution in [0.25, 0.3) is 6.08 Å². The lowest BCUT2D eigenvalue weighted by Crippen LogP contribution is -2.41. The fourth-order valence-electron chi connectivity index (χ4n) is 1.70. The quantitative estimate of drug-likeness (QED) is 0.359. The molecule has 0 spiro atoms. The minimum atomic E-state index is -1.30. The van der Waals surface area contributed by atoms with Gasteiger partial charge < -0.3 is 9.47 Å². The van der Waals surface area contributed by atoms with Gasteiger partial charge in [0.25, 0.3) is 5.79 Å². The van der Waals surface area contributed by atoms with Gasteiger partial charge in [-0.15, -0.1) is 0 Å². The third-order valence-electron chi connectivity index (χ3n) is 2.64. The summed E-state index contributed by atoms with van der Waals surface area (Å²) in [7, 11) is 0. The zero-order chi connectivity index (χ0) is 14.9. The number of carbonyl (C=O) groups is 2. The van der Waals surface area contributed by atoms with Crippen LogP contribution in [0.3, 0.4) is 0 Å². The highest BCUT2D eigenvalue weighted by molar-refractivity contribution is 9.08. The maximum Gasteiger partial charge on any atom is 0.348 e. The second kappa shape index (κ2) is 5.36. The first-order valence-electron chi connectivity index (χ1n) is 5.85. The molecule has 2 rings (SSSR count). The highest BCUT2D eigenvalue weighted by Gasteiger charge is 2.38. The number of esters is 2. The third-order valence-corrected chi connectivity index (χ3v) is 3.28. The summed E-state index contributed by atoms with van der Waals surface area (Å²) in [6.07, 6.45) is 1.13. The molecule has 1 fully saturated rings. The smallest absolute Gasteiger partial charge is 0.348 e. The van der Waals surface area contributed by atoms with Gasteiger partial charge in [-0.25, -0.2) is 14.0 Å². The molecule has 1 aromatic carbocycles. The Bertz CT molecular complexity index is 585. The van der Waals surface area contributed by atoms with Crippen LogP contribution in [0.15, 0.2) is 23.8 Å². The highest BCUT2D eigenvalue weighted by Crippen LogP contribution is 2.25. The van der Waals surface area contributed by atoms with Crippen molar-refractivity contribution < 1.29 is 23.5 Å². The third kappa shape index (κ3) is 3.07. The first-order valence-corrected chi connectivity index (χ1v) is 6.97. The Hall–Kier alpha value is -1.69. The molecule has 0 unspecified atom stereocenters. The highest BCUT2D eigenvalue weighted by atomic mass is 79.9. The van der Waals surface area contributed by atoms with Crippen LogP contribution in [0.5, 0.6) is 0 Å². The largest absolute Gasteiger partial charge is 0.419 e. The number of rotatable bonds is 2. The van der Waals surface area contributed by atoms with Crippen LogP contribution in [0.2, 0.25) is 0 Å². The molecule has 1 aliphatic rings. The lowest BCUT2D eigenvalue weighted by Gasteiger charge is -2.29. The van der Waals surface area contributed by atoms with E-state index in [4.69, 9.17) is 9.47 Å². The fourth-order valence-corrected chi connectivity index (χ4v) is 2.05. The van der Waals surface area contributed by atoms with Crippen molar-refractivity contribution >= 4 is 33.9 Å². The van der Waals surface area contributed by atoms with Gasteiger partial charge >= 0.3 is 11.9 Å². The summed E-state index contributed by atoms with van der Waals surface area (Å²) in [5.41, 5.74) is 0.549. The number of alkyl halides is 1. The zero-order valence-corrected chi connectivity index (χ0v) is 12.5. The number of cyclic esters (lactones) is 2. The Kier molecular flexibility index (Phi) is 3.94. The molecule has 1 heterocycles. The summed E-state index contributed by atoms with van der Waals surface area (Å²) in [4.78, 5) is 23.5. The van der Waals surface area contributed by atoms with Crippen molar-refractivity contribution in [1.29, 1.82) is 0 Å². The van der Waals surface area contributed by atoms with E-state index in [1.165, 1.54) is 26.0 Å². The van der Waals surface area contributed by atoms with Crippen LogP contribution in [0, 0.1) is 5.82 Å². The molecule has 4 nitrogen and oxygen atoms in total. The summed E-state index contributed by atoms with van der Waals surface area (Å²) in [6.45, 7) is 2.90. The molecule has 0 N–H and O–H groups in total. The Morgan fingerprint density at radius 3 is 2.35 bits per heavy atom. The van der Waals surface area contributed by atoms with Gasteiger partial charge in [0.05, 0.1) is 0 Å². The molecule has 0 aliphatic carbocycles. The minimum Gasteiger partial charge on any atom is -0.419 e. The molecule has 20 heavy (non-hydrogen) atoms. The summed E-state index contributed by atoms with van der Waals surface area (Å²) in [5.74, 6) is -3.48. The van der Waals surface area contributed by atoms with Crippen molar-refractivity contribution in [2.75, 3.05) is 0 Å². The van der Waals surface area contributed by atoms with E-state index in [2.05, 4.69) is 15.9 Å². The van der Waals surface area contributed by atoms with E-state index in [-0.39, 0.29) is 11.1 Å². The Balaban J connectivity index is 2.36. The fraction of sp³-hybridized carbons (Fsp3) is 0.286. The normalized spacial score (nSPS) is 17.5. The van der Waals surface area contributed by atoms with Crippen LogP contribution in [-0.2, 0) is 24.4 Å². The van der Waals surface area contributed by atoms with Crippen molar-refractivity contribution in [1.82, 2.24) is 0 Å². The van der Waals surface area contributed by atoms with Gasteiger partial charge in [0, 0.05) is 24.7 Å². The molecule has 0 amide bonds. The van der Waals surface area contributed by atoms with Crippen LogP contribution in [-0.4, -0.2) is 17.7 Å². The Morgan fingerprint density at radius 1 is 1.25 bits per heavy atom. The second-order valence-corrected chi connectivity index (χ2v) is 5.29. The molecule has 106 valence electrons. The predicted octanol–water partition coefficient (Wildman–Crippen LogP) is 2.94. The number of hydrogen-bond acceptors (Lipinski definition) is 4. The predicted molar refractivity (Wildman–Crippen MR) is 73.3 cm³/mol. The van der Waals surface area contributed by atoms with E-state index >= 15 is 0 Å². The molecule has 0 bridgehead atoms. The van der Waals surface area contributed by atoms with E-state index in [0.717, 1.165) is 11.6 Å². The molecule has 0 atom stereocenters. The second-order valence-electron chi connectivity index (χ2n) is 4.73. The number of ether oxygens (including phenoxy) is 2. The van der Waals surface area contributed by atoms with Crippen molar-refractivity contribution in [3.05, 3.63) is 40.7 Å². The van der Waals surface area contributed by atoms with Gasteiger partial charge in [-0.3, -0.25) is 0 Å². The van der Waals surface area contributed by atoms with Crippen molar-refractivity contribution in [2.45, 2.75) is 25.0 Å². The monoisotopic (exact) mass is 342 g/mol. The number of carbonyl (C=O) groups excluding carboxylic acids is 2. The molecular formula is C14H12BrFO4. The molecule has 1 aliphatic heterocycles. The average molecular weight is 343 g/mol. The van der Waals surface area contributed by atoms with Crippen LogP contribution in [0.4, 0.5) is 4.39 Å². The maximum absolute atomic E-state index is 13.8. The van der Waals surface area contributed by atoms with E-state index in [1.807, 2.05) is 0 Å². The summed E-state index contributed by atoms with van der Waals surface area (Å²) < 4.78 is 23.7. The molecule has 0 aromatic heterocycles. The molecule has 6 heteroatoms. The van der Waals surface area contributed by atoms with Gasteiger partial charge in [0.15, 0.2) is 0 Å². The SMILES string of the molecule is CC1(C)OC(=O)C(=Cc2ccc(CBr)cc2F)C(=O)O1. The molecule has 1 aromatic rings. The van der Waals surface area contributed by atoms with Gasteiger partial charge in [-0.1, -0.05) is 28.1 Å². The summed E-state index contributed by atoms with van der Waals surface area (Å²) >= 11 is 3.22. The Labute approximate surface area is 123 Å². The summed E-state index contributed by atoms with van der Waals surface area (Å²) in [5, 5.41) is 0.513. The van der Waals surface area contributed by atoms with Crippen LogP contribution in [0.1, 0.15) is 25.0 Å². The van der Waals surface area contributed by atoms with Crippen molar-refractivity contribution in [3.8, 4) is 0 Å². The van der Waals surface area contributed by atoms with Crippen molar-refractivity contribution in [2.24, 2.45) is 0 Å². The van der Waals surface area contributed by atoms with Gasteiger partial charge in [0.1, 0.15) is 11.4 Å². The standard InChI is InChI=1S/C14H12BrFO4/c1-14(2)19-12(17)10(13(18)20-14)6-9-4-3-8(7-15)5-11(9)16/h3-6H,7H2,1-2H3. The van der Waals surface area contributed by atoms with Gasteiger partial charge in [-0.05, 0) is 17.7 Å². The first kappa shape index (κ1) is 14.7. The maximum atomic E-state index is 13.8.